The van der Waals surface area contributed by atoms with E-state index in [1.54, 1.807) is 11.3 Å². The first kappa shape index (κ1) is 11.7. The fourth-order valence-electron chi connectivity index (χ4n) is 1.06. The highest BCUT2D eigenvalue weighted by atomic mass is 79.9. The number of rotatable bonds is 4. The molecule has 0 N–H and O–H groups in total. The van der Waals surface area contributed by atoms with Gasteiger partial charge in [-0.25, -0.2) is 0 Å². The molecule has 0 aliphatic rings. The lowest BCUT2D eigenvalue weighted by molar-refractivity contribution is 0.307. The van der Waals surface area contributed by atoms with Crippen molar-refractivity contribution in [2.75, 3.05) is 13.6 Å². The van der Waals surface area contributed by atoms with Crippen LogP contribution in [0.15, 0.2) is 15.9 Å². The van der Waals surface area contributed by atoms with Crippen LogP contribution in [-0.2, 0) is 6.42 Å². The average molecular weight is 273 g/mol. The van der Waals surface area contributed by atoms with E-state index in [-0.39, 0.29) is 6.04 Å². The number of hydrogen-bond acceptors (Lipinski definition) is 3. The number of halogens is 1. The maximum absolute atomic E-state index is 8.71. The lowest BCUT2D eigenvalue weighted by atomic mass is 10.3. The summed E-state index contributed by atoms with van der Waals surface area (Å²) in [6.07, 6.45) is 1.01. The van der Waals surface area contributed by atoms with E-state index in [4.69, 9.17) is 5.26 Å². The Balaban J connectivity index is 2.38. The standard InChI is InChI=1S/C10H13BrN2S/c1-8(6-12)13(2)4-3-10-5-9(11)7-14-10/h5,7-8H,3-4H2,1-2H3. The van der Waals surface area contributed by atoms with Gasteiger partial charge in [-0.05, 0) is 42.4 Å². The second-order valence-corrected chi connectivity index (χ2v) is 5.18. The molecule has 76 valence electrons. The van der Waals surface area contributed by atoms with Crippen LogP contribution < -0.4 is 0 Å². The maximum Gasteiger partial charge on any atom is 0.0946 e. The van der Waals surface area contributed by atoms with E-state index in [0.29, 0.717) is 0 Å². The van der Waals surface area contributed by atoms with E-state index < -0.39 is 0 Å². The van der Waals surface area contributed by atoms with Gasteiger partial charge < -0.3 is 0 Å². The minimum atomic E-state index is -0.00148. The molecular formula is C10H13BrN2S. The fraction of sp³-hybridized carbons (Fsp3) is 0.500. The number of nitriles is 1. The molecule has 0 aromatic carbocycles. The predicted molar refractivity (Wildman–Crippen MR) is 63.4 cm³/mol. The maximum atomic E-state index is 8.71. The summed E-state index contributed by atoms with van der Waals surface area (Å²) < 4.78 is 1.15. The fourth-order valence-corrected chi connectivity index (χ4v) is 2.51. The van der Waals surface area contributed by atoms with E-state index >= 15 is 0 Å². The van der Waals surface area contributed by atoms with Gasteiger partial charge >= 0.3 is 0 Å². The predicted octanol–water partition coefficient (Wildman–Crippen LogP) is 2.90. The van der Waals surface area contributed by atoms with Gasteiger partial charge in [-0.15, -0.1) is 11.3 Å². The molecule has 1 aromatic heterocycles. The highest BCUT2D eigenvalue weighted by molar-refractivity contribution is 9.10. The average Bonchev–Trinajstić information content (AvgIpc) is 2.59. The molecule has 1 aromatic rings. The van der Waals surface area contributed by atoms with E-state index in [1.807, 2.05) is 14.0 Å². The number of nitrogens with zero attached hydrogens (tertiary/aromatic N) is 2. The number of hydrogen-bond donors (Lipinski definition) is 0. The molecule has 0 aliphatic heterocycles. The summed E-state index contributed by atoms with van der Waals surface area (Å²) in [6, 6.07) is 4.36. The zero-order chi connectivity index (χ0) is 10.6. The Morgan fingerprint density at radius 3 is 2.93 bits per heavy atom. The Morgan fingerprint density at radius 2 is 2.43 bits per heavy atom. The van der Waals surface area contributed by atoms with Crippen molar-refractivity contribution in [3.05, 3.63) is 20.8 Å². The normalized spacial score (nSPS) is 12.8. The van der Waals surface area contributed by atoms with Crippen LogP contribution in [0, 0.1) is 11.3 Å². The van der Waals surface area contributed by atoms with Gasteiger partial charge in [0, 0.05) is 21.3 Å². The monoisotopic (exact) mass is 272 g/mol. The van der Waals surface area contributed by atoms with Gasteiger partial charge in [-0.1, -0.05) is 0 Å². The van der Waals surface area contributed by atoms with Crippen molar-refractivity contribution < 1.29 is 0 Å². The zero-order valence-corrected chi connectivity index (χ0v) is 10.7. The quantitative estimate of drug-likeness (QED) is 0.843. The molecule has 1 unspecified atom stereocenters. The van der Waals surface area contributed by atoms with Gasteiger partial charge in [0.05, 0.1) is 12.1 Å². The Hall–Kier alpha value is -0.370. The molecular weight excluding hydrogens is 260 g/mol. The summed E-state index contributed by atoms with van der Waals surface area (Å²) in [7, 11) is 1.98. The van der Waals surface area contributed by atoms with E-state index in [9.17, 15) is 0 Å². The van der Waals surface area contributed by atoms with Gasteiger partial charge in [0.1, 0.15) is 0 Å². The van der Waals surface area contributed by atoms with Crippen molar-refractivity contribution in [3.63, 3.8) is 0 Å². The molecule has 0 bridgehead atoms. The minimum absolute atomic E-state index is 0.00148. The SMILES string of the molecule is CC(C#N)N(C)CCc1cc(Br)cs1. The molecule has 1 atom stereocenters. The minimum Gasteiger partial charge on any atom is -0.291 e. The topological polar surface area (TPSA) is 27.0 Å². The van der Waals surface area contributed by atoms with Crippen molar-refractivity contribution in [1.29, 1.82) is 5.26 Å². The summed E-state index contributed by atoms with van der Waals surface area (Å²) in [5, 5.41) is 10.8. The Kier molecular flexibility index (Phi) is 4.59. The molecule has 2 nitrogen and oxygen atoms in total. The summed E-state index contributed by atoms with van der Waals surface area (Å²) in [4.78, 5) is 3.42. The molecule has 0 radical (unpaired) electrons. The lowest BCUT2D eigenvalue weighted by Crippen LogP contribution is -2.29. The first-order chi connectivity index (χ1) is 6.63. The molecule has 0 saturated heterocycles. The lowest BCUT2D eigenvalue weighted by Gasteiger charge is -2.17. The van der Waals surface area contributed by atoms with Crippen LogP contribution in [0.2, 0.25) is 0 Å². The van der Waals surface area contributed by atoms with Crippen LogP contribution >= 0.6 is 27.3 Å². The van der Waals surface area contributed by atoms with Crippen molar-refractivity contribution >= 4 is 27.3 Å². The van der Waals surface area contributed by atoms with Crippen LogP contribution in [-0.4, -0.2) is 24.5 Å². The Morgan fingerprint density at radius 1 is 1.71 bits per heavy atom. The van der Waals surface area contributed by atoms with Crippen LogP contribution in [0.25, 0.3) is 0 Å². The highest BCUT2D eigenvalue weighted by Crippen LogP contribution is 2.20. The van der Waals surface area contributed by atoms with E-state index in [0.717, 1.165) is 17.4 Å². The number of likely N-dealkylation sites (N-methyl/N-ethyl adjacent to an activating group) is 1. The molecule has 4 heteroatoms. The Labute approximate surface area is 97.3 Å². The van der Waals surface area contributed by atoms with Gasteiger partial charge in [0.15, 0.2) is 0 Å². The summed E-state index contributed by atoms with van der Waals surface area (Å²) in [5.41, 5.74) is 0. The molecule has 1 rings (SSSR count). The molecule has 0 spiro atoms. The van der Waals surface area contributed by atoms with Crippen molar-refractivity contribution in [2.24, 2.45) is 0 Å². The van der Waals surface area contributed by atoms with Crippen molar-refractivity contribution in [1.82, 2.24) is 4.90 Å². The third-order valence-electron chi connectivity index (χ3n) is 2.18. The molecule has 0 aliphatic carbocycles. The Bertz CT molecular complexity index is 329. The van der Waals surface area contributed by atoms with Gasteiger partial charge in [0.2, 0.25) is 0 Å². The van der Waals surface area contributed by atoms with Gasteiger partial charge in [-0.2, -0.15) is 5.26 Å². The van der Waals surface area contributed by atoms with Gasteiger partial charge in [-0.3, -0.25) is 4.90 Å². The van der Waals surface area contributed by atoms with E-state index in [1.165, 1.54) is 4.88 Å². The molecule has 0 fully saturated rings. The van der Waals surface area contributed by atoms with Crippen molar-refractivity contribution in [3.8, 4) is 6.07 Å². The van der Waals surface area contributed by atoms with Crippen molar-refractivity contribution in [2.45, 2.75) is 19.4 Å². The molecule has 14 heavy (non-hydrogen) atoms. The van der Waals surface area contributed by atoms with Crippen LogP contribution in [0.4, 0.5) is 0 Å². The van der Waals surface area contributed by atoms with Crippen LogP contribution in [0.1, 0.15) is 11.8 Å². The largest absolute Gasteiger partial charge is 0.291 e. The smallest absolute Gasteiger partial charge is 0.0946 e. The van der Waals surface area contributed by atoms with Crippen LogP contribution in [0.5, 0.6) is 0 Å². The van der Waals surface area contributed by atoms with E-state index in [2.05, 4.69) is 38.3 Å². The second kappa shape index (κ2) is 5.50. The summed E-state index contributed by atoms with van der Waals surface area (Å²) in [6.45, 7) is 2.85. The zero-order valence-electron chi connectivity index (χ0n) is 8.33. The summed E-state index contributed by atoms with van der Waals surface area (Å²) in [5.74, 6) is 0. The molecule has 0 saturated carbocycles. The third kappa shape index (κ3) is 3.41. The van der Waals surface area contributed by atoms with Gasteiger partial charge in [0.25, 0.3) is 0 Å². The third-order valence-corrected chi connectivity index (χ3v) is 3.94. The number of thiophene rings is 1. The first-order valence-corrected chi connectivity index (χ1v) is 6.13. The molecule has 1 heterocycles. The summed E-state index contributed by atoms with van der Waals surface area (Å²) >= 11 is 5.18. The molecule has 0 amide bonds. The second-order valence-electron chi connectivity index (χ2n) is 3.27. The first-order valence-electron chi connectivity index (χ1n) is 4.46. The highest BCUT2D eigenvalue weighted by Gasteiger charge is 2.07. The van der Waals surface area contributed by atoms with Crippen LogP contribution in [0.3, 0.4) is 0 Å².